The van der Waals surface area contributed by atoms with Crippen molar-refractivity contribution in [2.24, 2.45) is 10.2 Å². The van der Waals surface area contributed by atoms with Crippen LogP contribution in [0.25, 0.3) is 0 Å². The molecular formula is C25H31FN4. The molecule has 5 heteroatoms. The number of benzene rings is 2. The molecule has 2 fully saturated rings. The molecule has 0 saturated carbocycles. The van der Waals surface area contributed by atoms with Gasteiger partial charge < -0.3 is 5.32 Å². The number of halogens is 1. The molecule has 4 nitrogen and oxygen atoms in total. The Bertz CT molecular complexity index is 923. The predicted molar refractivity (Wildman–Crippen MR) is 120 cm³/mol. The Hall–Kier alpha value is -2.27. The largest absolute Gasteiger partial charge is 0.381 e. The summed E-state index contributed by atoms with van der Waals surface area (Å²) in [7, 11) is 0. The molecule has 5 rings (SSSR count). The minimum atomic E-state index is -0.280. The van der Waals surface area contributed by atoms with E-state index in [1.54, 1.807) is 12.1 Å². The summed E-state index contributed by atoms with van der Waals surface area (Å²) in [5.74, 6) is -0.280. The van der Waals surface area contributed by atoms with Crippen molar-refractivity contribution in [2.45, 2.75) is 69.9 Å². The van der Waals surface area contributed by atoms with Gasteiger partial charge in [0.05, 0.1) is 11.4 Å². The maximum atomic E-state index is 13.4. The van der Waals surface area contributed by atoms with Crippen LogP contribution in [0, 0.1) is 5.82 Å². The van der Waals surface area contributed by atoms with E-state index in [1.165, 1.54) is 87.0 Å². The molecule has 3 aliphatic rings. The van der Waals surface area contributed by atoms with E-state index >= 15 is 0 Å². The highest BCUT2D eigenvalue weighted by atomic mass is 19.1. The van der Waals surface area contributed by atoms with E-state index in [9.17, 15) is 4.39 Å². The molecule has 2 heterocycles. The smallest absolute Gasteiger partial charge is 0.125 e. The number of nitrogens with one attached hydrogen (secondary N) is 1. The lowest BCUT2D eigenvalue weighted by molar-refractivity contribution is 0.0977. The Labute approximate surface area is 178 Å². The minimum absolute atomic E-state index is 0.280. The van der Waals surface area contributed by atoms with Gasteiger partial charge in [0.25, 0.3) is 0 Å². The lowest BCUT2D eigenvalue weighted by atomic mass is 9.86. The second-order valence-corrected chi connectivity index (χ2v) is 8.97. The number of nitrogens with zero attached hydrogens (tertiary/aromatic N) is 3. The normalized spacial score (nSPS) is 24.4. The molecule has 0 radical (unpaired) electrons. The van der Waals surface area contributed by atoms with Gasteiger partial charge in [-0.3, -0.25) is 4.90 Å². The molecule has 2 atom stereocenters. The highest BCUT2D eigenvalue weighted by Gasteiger charge is 2.33. The lowest BCUT2D eigenvalue weighted by Gasteiger charge is -2.45. The standard InChI is InChI=1S/C25H31FN4/c26-18-7-5-8-19(17-18)28-29-23-14-13-22(20-9-1-2-10-21(20)23)27-24-11-6-16-30-15-4-3-12-25(24)30/h5,7-8,13-14,17,24-25,27H,1-4,6,9-12,15-16H2/t24-,25-/m1/s1. The number of piperidine rings is 2. The molecule has 158 valence electrons. The Balaban J connectivity index is 1.40. The molecule has 0 amide bonds. The Morgan fingerprint density at radius 3 is 2.63 bits per heavy atom. The first-order valence-electron chi connectivity index (χ1n) is 11.6. The summed E-state index contributed by atoms with van der Waals surface area (Å²) < 4.78 is 13.4. The van der Waals surface area contributed by atoms with Crippen LogP contribution >= 0.6 is 0 Å². The van der Waals surface area contributed by atoms with Gasteiger partial charge in [-0.25, -0.2) is 4.39 Å². The van der Waals surface area contributed by atoms with Crippen LogP contribution in [0.5, 0.6) is 0 Å². The molecule has 30 heavy (non-hydrogen) atoms. The first kappa shape index (κ1) is 19.7. The summed E-state index contributed by atoms with van der Waals surface area (Å²) in [6, 6.07) is 11.8. The molecule has 0 aromatic heterocycles. The quantitative estimate of drug-likeness (QED) is 0.585. The third-order valence-corrected chi connectivity index (χ3v) is 7.02. The molecule has 1 N–H and O–H groups in total. The fraction of sp³-hybridized carbons (Fsp3) is 0.520. The Morgan fingerprint density at radius 1 is 0.867 bits per heavy atom. The van der Waals surface area contributed by atoms with Gasteiger partial charge in [0, 0.05) is 23.8 Å². The van der Waals surface area contributed by atoms with Gasteiger partial charge in [-0.1, -0.05) is 12.5 Å². The summed E-state index contributed by atoms with van der Waals surface area (Å²) in [5, 5.41) is 12.8. The summed E-state index contributed by atoms with van der Waals surface area (Å²) in [6.45, 7) is 2.53. The summed E-state index contributed by atoms with van der Waals surface area (Å²) in [6.07, 6.45) is 11.1. The van der Waals surface area contributed by atoms with E-state index in [1.807, 2.05) is 0 Å². The average molecular weight is 407 g/mol. The zero-order valence-electron chi connectivity index (χ0n) is 17.6. The van der Waals surface area contributed by atoms with Crippen molar-refractivity contribution in [1.29, 1.82) is 0 Å². The van der Waals surface area contributed by atoms with Crippen molar-refractivity contribution in [3.05, 3.63) is 53.3 Å². The van der Waals surface area contributed by atoms with Gasteiger partial charge in [0.1, 0.15) is 5.82 Å². The zero-order valence-corrected chi connectivity index (χ0v) is 17.6. The van der Waals surface area contributed by atoms with E-state index < -0.39 is 0 Å². The molecule has 2 aromatic carbocycles. The van der Waals surface area contributed by atoms with Gasteiger partial charge in [-0.2, -0.15) is 10.2 Å². The third kappa shape index (κ3) is 4.13. The molecule has 2 aromatic rings. The van der Waals surface area contributed by atoms with Crippen molar-refractivity contribution in [2.75, 3.05) is 18.4 Å². The van der Waals surface area contributed by atoms with Crippen LogP contribution in [-0.2, 0) is 12.8 Å². The molecule has 1 aliphatic carbocycles. The SMILES string of the molecule is Fc1cccc(N=Nc2ccc(N[C@@H]3CCCN4CCCC[C@H]34)c3c2CCCC3)c1. The van der Waals surface area contributed by atoms with Crippen LogP contribution in [0.4, 0.5) is 21.5 Å². The van der Waals surface area contributed by atoms with Crippen LogP contribution in [0.15, 0.2) is 46.6 Å². The van der Waals surface area contributed by atoms with E-state index in [0.29, 0.717) is 17.8 Å². The van der Waals surface area contributed by atoms with Gasteiger partial charge in [0.2, 0.25) is 0 Å². The summed E-state index contributed by atoms with van der Waals surface area (Å²) in [5.41, 5.74) is 5.53. The van der Waals surface area contributed by atoms with Crippen molar-refractivity contribution in [1.82, 2.24) is 4.90 Å². The van der Waals surface area contributed by atoms with Crippen LogP contribution in [0.3, 0.4) is 0 Å². The Kier molecular flexibility index (Phi) is 5.80. The lowest BCUT2D eigenvalue weighted by Crippen LogP contribution is -2.53. The maximum absolute atomic E-state index is 13.4. The number of azo groups is 1. The number of fused-ring (bicyclic) bond motifs is 2. The Morgan fingerprint density at radius 2 is 1.73 bits per heavy atom. The monoisotopic (exact) mass is 406 g/mol. The minimum Gasteiger partial charge on any atom is -0.381 e. The number of rotatable bonds is 4. The second kappa shape index (κ2) is 8.84. The van der Waals surface area contributed by atoms with E-state index in [-0.39, 0.29) is 5.82 Å². The topological polar surface area (TPSA) is 40.0 Å². The number of hydrogen-bond acceptors (Lipinski definition) is 4. The fourth-order valence-electron chi connectivity index (χ4n) is 5.55. The van der Waals surface area contributed by atoms with Crippen molar-refractivity contribution >= 4 is 17.1 Å². The molecule has 0 spiro atoms. The average Bonchev–Trinajstić information content (AvgIpc) is 2.79. The van der Waals surface area contributed by atoms with Crippen molar-refractivity contribution in [3.8, 4) is 0 Å². The van der Waals surface area contributed by atoms with Crippen LogP contribution in [0.2, 0.25) is 0 Å². The highest BCUT2D eigenvalue weighted by Crippen LogP contribution is 2.37. The number of anilines is 1. The summed E-state index contributed by atoms with van der Waals surface area (Å²) >= 11 is 0. The van der Waals surface area contributed by atoms with E-state index in [2.05, 4.69) is 32.6 Å². The predicted octanol–water partition coefficient (Wildman–Crippen LogP) is 6.55. The van der Waals surface area contributed by atoms with Gasteiger partial charge >= 0.3 is 0 Å². The van der Waals surface area contributed by atoms with E-state index in [4.69, 9.17) is 0 Å². The van der Waals surface area contributed by atoms with Gasteiger partial charge in [-0.15, -0.1) is 0 Å². The zero-order chi connectivity index (χ0) is 20.3. The van der Waals surface area contributed by atoms with E-state index in [0.717, 1.165) is 18.5 Å². The molecular weight excluding hydrogens is 375 g/mol. The van der Waals surface area contributed by atoms with Crippen LogP contribution in [-0.4, -0.2) is 30.1 Å². The second-order valence-electron chi connectivity index (χ2n) is 8.97. The molecule has 0 unspecified atom stereocenters. The maximum Gasteiger partial charge on any atom is 0.125 e. The van der Waals surface area contributed by atoms with Crippen LogP contribution < -0.4 is 5.32 Å². The first-order chi connectivity index (χ1) is 14.8. The van der Waals surface area contributed by atoms with Gasteiger partial charge in [-0.05, 0) is 99.8 Å². The molecule has 2 aliphatic heterocycles. The highest BCUT2D eigenvalue weighted by molar-refractivity contribution is 5.65. The van der Waals surface area contributed by atoms with Crippen molar-refractivity contribution < 1.29 is 4.39 Å². The molecule has 0 bridgehead atoms. The third-order valence-electron chi connectivity index (χ3n) is 7.02. The van der Waals surface area contributed by atoms with Crippen LogP contribution in [0.1, 0.15) is 56.1 Å². The van der Waals surface area contributed by atoms with Gasteiger partial charge in [0.15, 0.2) is 0 Å². The molecule has 2 saturated heterocycles. The fourth-order valence-corrected chi connectivity index (χ4v) is 5.55. The summed E-state index contributed by atoms with van der Waals surface area (Å²) in [4.78, 5) is 2.71. The number of hydrogen-bond donors (Lipinski definition) is 1. The first-order valence-corrected chi connectivity index (χ1v) is 11.6. The van der Waals surface area contributed by atoms with Crippen molar-refractivity contribution in [3.63, 3.8) is 0 Å².